The fourth-order valence-electron chi connectivity index (χ4n) is 3.01. The molecule has 6 heteroatoms. The number of halogens is 2. The molecule has 20 heavy (non-hydrogen) atoms. The maximum atomic E-state index is 13.4. The fourth-order valence-corrected chi connectivity index (χ4v) is 3.01. The molecule has 106 valence electrons. The van der Waals surface area contributed by atoms with E-state index >= 15 is 0 Å². The lowest BCUT2D eigenvalue weighted by atomic mass is 9.68. The van der Waals surface area contributed by atoms with Crippen molar-refractivity contribution >= 4 is 16.9 Å². The van der Waals surface area contributed by atoms with E-state index in [4.69, 9.17) is 0 Å². The van der Waals surface area contributed by atoms with Crippen LogP contribution in [0, 0.1) is 0 Å². The number of para-hydroxylation sites is 1. The van der Waals surface area contributed by atoms with Gasteiger partial charge in [-0.05, 0) is 18.4 Å². The highest BCUT2D eigenvalue weighted by Crippen LogP contribution is 2.47. The Hall–Kier alpha value is -1.98. The van der Waals surface area contributed by atoms with E-state index in [1.807, 2.05) is 6.07 Å². The lowest BCUT2D eigenvalue weighted by Gasteiger charge is -2.37. The summed E-state index contributed by atoms with van der Waals surface area (Å²) in [6, 6.07) is 5.25. The minimum atomic E-state index is -2.76. The molecule has 0 unspecified atom stereocenters. The van der Waals surface area contributed by atoms with Crippen LogP contribution in [-0.2, 0) is 10.2 Å². The zero-order chi connectivity index (χ0) is 14.4. The Balaban J connectivity index is 2.12. The van der Waals surface area contributed by atoms with Gasteiger partial charge in [0.15, 0.2) is 0 Å². The zero-order valence-electron chi connectivity index (χ0n) is 10.7. The van der Waals surface area contributed by atoms with Crippen molar-refractivity contribution in [2.24, 2.45) is 0 Å². The predicted octanol–water partition coefficient (Wildman–Crippen LogP) is 3.09. The number of aromatic amines is 1. The zero-order valence-corrected chi connectivity index (χ0v) is 10.7. The van der Waals surface area contributed by atoms with Crippen molar-refractivity contribution in [3.05, 3.63) is 30.0 Å². The number of nitrogens with one attached hydrogen (secondary N) is 1. The summed E-state index contributed by atoms with van der Waals surface area (Å²) in [6.45, 7) is 0. The van der Waals surface area contributed by atoms with Gasteiger partial charge in [0.05, 0.1) is 17.1 Å². The van der Waals surface area contributed by atoms with Crippen molar-refractivity contribution < 1.29 is 18.7 Å². The van der Waals surface area contributed by atoms with Crippen LogP contribution >= 0.6 is 0 Å². The molecule has 2 aromatic rings. The molecular weight excluding hydrogens is 266 g/mol. The van der Waals surface area contributed by atoms with Gasteiger partial charge in [-0.2, -0.15) is 5.10 Å². The number of alkyl halides is 2. The first-order valence-electron chi connectivity index (χ1n) is 6.48. The molecule has 1 aliphatic carbocycles. The second kappa shape index (κ2) is 4.26. The lowest BCUT2D eigenvalue weighted by Crippen LogP contribution is -2.42. The van der Waals surface area contributed by atoms with Crippen LogP contribution in [-0.4, -0.2) is 27.2 Å². The Bertz CT molecular complexity index is 656. The van der Waals surface area contributed by atoms with Gasteiger partial charge in [-0.15, -0.1) is 0 Å². The molecule has 0 atom stereocenters. The molecule has 0 amide bonds. The van der Waals surface area contributed by atoms with E-state index in [0.29, 0.717) is 11.1 Å². The number of H-pyrrole nitrogens is 1. The quantitative estimate of drug-likeness (QED) is 0.888. The number of benzene rings is 1. The highest BCUT2D eigenvalue weighted by molar-refractivity contribution is 5.90. The number of rotatable bonds is 2. The van der Waals surface area contributed by atoms with Crippen LogP contribution in [0.2, 0.25) is 0 Å². The molecule has 0 aliphatic heterocycles. The standard InChI is InChI=1S/C14H14F2N2O2/c15-14(16)6-4-13(5-7-14,12(19)20)10-3-1-2-9-8-17-18-11(9)10/h1-3,8H,4-7H2,(H,17,18)(H,19,20). The SMILES string of the molecule is O=C(O)C1(c2cccc3cn[nH]c23)CCC(F)(F)CC1. The Morgan fingerprint density at radius 2 is 1.95 bits per heavy atom. The first kappa shape index (κ1) is 13.0. The van der Waals surface area contributed by atoms with Crippen LogP contribution in [0.25, 0.3) is 10.9 Å². The number of hydrogen-bond donors (Lipinski definition) is 2. The summed E-state index contributed by atoms with van der Waals surface area (Å²) < 4.78 is 26.7. The van der Waals surface area contributed by atoms with Crippen molar-refractivity contribution in [1.29, 1.82) is 0 Å². The molecular formula is C14H14F2N2O2. The number of carbonyl (C=O) groups is 1. The number of fused-ring (bicyclic) bond motifs is 1. The van der Waals surface area contributed by atoms with E-state index in [-0.39, 0.29) is 12.8 Å². The van der Waals surface area contributed by atoms with Gasteiger partial charge in [0.25, 0.3) is 0 Å². The topological polar surface area (TPSA) is 66.0 Å². The highest BCUT2D eigenvalue weighted by Gasteiger charge is 2.49. The molecule has 0 spiro atoms. The van der Waals surface area contributed by atoms with E-state index in [0.717, 1.165) is 5.39 Å². The smallest absolute Gasteiger partial charge is 0.314 e. The molecule has 0 bridgehead atoms. The number of carboxylic acid groups (broad SMARTS) is 1. The largest absolute Gasteiger partial charge is 0.481 e. The van der Waals surface area contributed by atoms with Gasteiger partial charge >= 0.3 is 5.97 Å². The Kier molecular flexibility index (Phi) is 2.77. The summed E-state index contributed by atoms with van der Waals surface area (Å²) in [5.41, 5.74) is -0.0797. The minimum Gasteiger partial charge on any atom is -0.481 e. The second-order valence-corrected chi connectivity index (χ2v) is 5.38. The molecule has 1 saturated carbocycles. The second-order valence-electron chi connectivity index (χ2n) is 5.38. The van der Waals surface area contributed by atoms with Crippen molar-refractivity contribution in [2.45, 2.75) is 37.0 Å². The molecule has 1 aromatic carbocycles. The summed E-state index contributed by atoms with van der Waals surface area (Å²) in [5, 5.41) is 17.1. The van der Waals surface area contributed by atoms with Crippen LogP contribution in [0.15, 0.2) is 24.4 Å². The normalized spacial score (nSPS) is 20.9. The first-order valence-corrected chi connectivity index (χ1v) is 6.48. The first-order chi connectivity index (χ1) is 9.45. The summed E-state index contributed by atoms with van der Waals surface area (Å²) in [6.07, 6.45) is 0.681. The maximum absolute atomic E-state index is 13.4. The van der Waals surface area contributed by atoms with Crippen molar-refractivity contribution in [2.75, 3.05) is 0 Å². The van der Waals surface area contributed by atoms with Crippen LogP contribution in [0.4, 0.5) is 8.78 Å². The number of nitrogens with zero attached hydrogens (tertiary/aromatic N) is 1. The van der Waals surface area contributed by atoms with Crippen molar-refractivity contribution in [3.8, 4) is 0 Å². The van der Waals surface area contributed by atoms with Gasteiger partial charge in [-0.3, -0.25) is 9.89 Å². The number of aliphatic carboxylic acids is 1. The number of aromatic nitrogens is 2. The molecule has 0 radical (unpaired) electrons. The third kappa shape index (κ3) is 1.87. The van der Waals surface area contributed by atoms with Gasteiger partial charge in [0, 0.05) is 18.2 Å². The Morgan fingerprint density at radius 1 is 1.25 bits per heavy atom. The average molecular weight is 280 g/mol. The molecule has 0 saturated heterocycles. The van der Waals surface area contributed by atoms with Gasteiger partial charge in [0.1, 0.15) is 0 Å². The average Bonchev–Trinajstić information content (AvgIpc) is 2.87. The lowest BCUT2D eigenvalue weighted by molar-refractivity contribution is -0.149. The highest BCUT2D eigenvalue weighted by atomic mass is 19.3. The number of carboxylic acids is 1. The molecule has 3 rings (SSSR count). The summed E-state index contributed by atoms with van der Waals surface area (Å²) >= 11 is 0. The predicted molar refractivity (Wildman–Crippen MR) is 68.8 cm³/mol. The van der Waals surface area contributed by atoms with E-state index in [2.05, 4.69) is 10.2 Å². The van der Waals surface area contributed by atoms with E-state index < -0.39 is 30.1 Å². The van der Waals surface area contributed by atoms with Crippen LogP contribution < -0.4 is 0 Å². The Labute approximate surface area is 113 Å². The molecule has 2 N–H and O–H groups in total. The molecule has 1 aliphatic rings. The summed E-state index contributed by atoms with van der Waals surface area (Å²) in [5.74, 6) is -3.81. The van der Waals surface area contributed by atoms with Crippen molar-refractivity contribution in [3.63, 3.8) is 0 Å². The third-order valence-corrected chi connectivity index (χ3v) is 4.24. The molecule has 1 heterocycles. The van der Waals surface area contributed by atoms with Gasteiger partial charge in [0.2, 0.25) is 5.92 Å². The molecule has 1 fully saturated rings. The van der Waals surface area contributed by atoms with Gasteiger partial charge < -0.3 is 5.11 Å². The monoisotopic (exact) mass is 280 g/mol. The third-order valence-electron chi connectivity index (χ3n) is 4.24. The van der Waals surface area contributed by atoms with Crippen molar-refractivity contribution in [1.82, 2.24) is 10.2 Å². The van der Waals surface area contributed by atoms with E-state index in [1.165, 1.54) is 0 Å². The van der Waals surface area contributed by atoms with Crippen LogP contribution in [0.3, 0.4) is 0 Å². The Morgan fingerprint density at radius 3 is 2.60 bits per heavy atom. The van der Waals surface area contributed by atoms with Gasteiger partial charge in [-0.25, -0.2) is 8.78 Å². The van der Waals surface area contributed by atoms with E-state index in [1.54, 1.807) is 18.3 Å². The molecule has 4 nitrogen and oxygen atoms in total. The fraction of sp³-hybridized carbons (Fsp3) is 0.429. The van der Waals surface area contributed by atoms with E-state index in [9.17, 15) is 18.7 Å². The number of hydrogen-bond acceptors (Lipinski definition) is 2. The summed E-state index contributed by atoms with van der Waals surface area (Å²) in [7, 11) is 0. The van der Waals surface area contributed by atoms with Crippen LogP contribution in [0.1, 0.15) is 31.2 Å². The minimum absolute atomic E-state index is 0.0620. The van der Waals surface area contributed by atoms with Crippen LogP contribution in [0.5, 0.6) is 0 Å². The molecule has 1 aromatic heterocycles. The van der Waals surface area contributed by atoms with Gasteiger partial charge in [-0.1, -0.05) is 18.2 Å². The summed E-state index contributed by atoms with van der Waals surface area (Å²) in [4.78, 5) is 11.8. The maximum Gasteiger partial charge on any atom is 0.314 e.